The molecule has 8 rings (SSSR count). The van der Waals surface area contributed by atoms with E-state index in [2.05, 4.69) is 10.0 Å². The minimum atomic E-state index is -0.261. The molecular formula is C54H61N7O13. The summed E-state index contributed by atoms with van der Waals surface area (Å²) in [5, 5.41) is 3.39. The van der Waals surface area contributed by atoms with Gasteiger partial charge in [0.15, 0.2) is 23.0 Å². The van der Waals surface area contributed by atoms with E-state index < -0.39 is 0 Å². The lowest BCUT2D eigenvalue weighted by molar-refractivity contribution is -0.0122. The molecule has 0 aromatic heterocycles. The highest BCUT2D eigenvalue weighted by Gasteiger charge is 2.35. The molecule has 2 amide bonds. The molecule has 20 nitrogen and oxygen atoms in total. The van der Waals surface area contributed by atoms with Crippen LogP contribution in [0.25, 0.3) is 21.6 Å². The number of carbonyl (C=O) groups is 2. The highest BCUT2D eigenvalue weighted by Crippen LogP contribution is 2.42. The van der Waals surface area contributed by atoms with E-state index in [0.29, 0.717) is 150 Å². The van der Waals surface area contributed by atoms with Gasteiger partial charge >= 0.3 is 0 Å². The van der Waals surface area contributed by atoms with Crippen molar-refractivity contribution in [1.82, 2.24) is 9.80 Å². The van der Waals surface area contributed by atoms with Crippen LogP contribution in [0.15, 0.2) is 100 Å². The van der Waals surface area contributed by atoms with Gasteiger partial charge in [-0.3, -0.25) is 19.6 Å². The van der Waals surface area contributed by atoms with Gasteiger partial charge in [-0.25, -0.2) is 0 Å². The zero-order valence-electron chi connectivity index (χ0n) is 41.9. The number of aliphatic imine (C=N–C) groups is 2. The molecular weight excluding hydrogens is 955 g/mol. The van der Waals surface area contributed by atoms with E-state index in [1.54, 1.807) is 47.4 Å². The van der Waals surface area contributed by atoms with Crippen LogP contribution in [0, 0.1) is 0 Å². The average Bonchev–Trinajstić information content (AvgIpc) is 4.01. The Kier molecular flexibility index (Phi) is 19.3. The Bertz CT molecular complexity index is 2720. The van der Waals surface area contributed by atoms with Gasteiger partial charge < -0.3 is 61.9 Å². The fraction of sp³-hybridized carbons (Fsp3) is 0.407. The second-order valence-electron chi connectivity index (χ2n) is 17.0. The van der Waals surface area contributed by atoms with E-state index in [9.17, 15) is 9.59 Å². The van der Waals surface area contributed by atoms with Gasteiger partial charge in [-0.2, -0.15) is 0 Å². The third-order valence-corrected chi connectivity index (χ3v) is 12.3. The third kappa shape index (κ3) is 13.8. The number of hydrogen-bond acceptors (Lipinski definition) is 16. The first kappa shape index (κ1) is 52.9. The SMILES string of the molecule is COc1ccc(C2=CN3C(=O)c4cc(OC)c(OCCCOc5cc6c(cc5OC)C(=O)N5C=C(c7ccc(OCCOCCOCCOCCOCCOCCN=[N+]=[N-])cc7)CC5C=N6)cc4N=CC3C2)cc1. The molecule has 2 atom stereocenters. The van der Waals surface area contributed by atoms with Crippen molar-refractivity contribution >= 4 is 46.8 Å². The summed E-state index contributed by atoms with van der Waals surface area (Å²) in [7, 11) is 4.70. The molecule has 0 saturated carbocycles. The summed E-state index contributed by atoms with van der Waals surface area (Å²) in [5.74, 6) is 2.87. The molecule has 0 radical (unpaired) electrons. The number of fused-ring (bicyclic) bond motifs is 4. The lowest BCUT2D eigenvalue weighted by atomic mass is 10.0. The fourth-order valence-electron chi connectivity index (χ4n) is 8.49. The van der Waals surface area contributed by atoms with Crippen molar-refractivity contribution in [3.63, 3.8) is 0 Å². The van der Waals surface area contributed by atoms with Gasteiger partial charge in [0.25, 0.3) is 11.8 Å². The van der Waals surface area contributed by atoms with Crippen LogP contribution in [-0.4, -0.2) is 160 Å². The normalized spacial score (nSPS) is 16.3. The van der Waals surface area contributed by atoms with E-state index >= 15 is 0 Å². The number of amides is 2. The number of hydrogen-bond donors (Lipinski definition) is 0. The Balaban J connectivity index is 0.743. The molecule has 20 heteroatoms. The summed E-state index contributed by atoms with van der Waals surface area (Å²) in [6.07, 6.45) is 9.13. The first-order chi connectivity index (χ1) is 36.4. The van der Waals surface area contributed by atoms with Crippen molar-refractivity contribution in [1.29, 1.82) is 0 Å². The van der Waals surface area contributed by atoms with Crippen LogP contribution in [0.3, 0.4) is 0 Å². The molecule has 74 heavy (non-hydrogen) atoms. The topological polar surface area (TPSA) is 216 Å². The number of rotatable bonds is 30. The number of benzene rings is 4. The van der Waals surface area contributed by atoms with Crippen LogP contribution >= 0.6 is 0 Å². The van der Waals surface area contributed by atoms with Gasteiger partial charge in [-0.05, 0) is 64.2 Å². The molecule has 0 bridgehead atoms. The fourth-order valence-corrected chi connectivity index (χ4v) is 8.49. The van der Waals surface area contributed by atoms with E-state index in [4.69, 9.17) is 67.6 Å². The summed E-state index contributed by atoms with van der Waals surface area (Å²) in [6.45, 7) is 5.63. The Morgan fingerprint density at radius 2 is 0.959 bits per heavy atom. The van der Waals surface area contributed by atoms with Crippen LogP contribution in [0.1, 0.15) is 51.1 Å². The monoisotopic (exact) mass is 1020 g/mol. The van der Waals surface area contributed by atoms with Crippen molar-refractivity contribution in [3.8, 4) is 34.5 Å². The van der Waals surface area contributed by atoms with Crippen molar-refractivity contribution in [3.05, 3.63) is 118 Å². The third-order valence-electron chi connectivity index (χ3n) is 12.3. The summed E-state index contributed by atoms with van der Waals surface area (Å²) in [6, 6.07) is 21.9. The quantitative estimate of drug-likeness (QED) is 0.0208. The number of methoxy groups -OCH3 is 3. The van der Waals surface area contributed by atoms with Gasteiger partial charge in [0.2, 0.25) is 0 Å². The summed E-state index contributed by atoms with van der Waals surface area (Å²) in [5.41, 5.74) is 14.1. The standard InChI is InChI=1S/C54H61N7O13/c1-64-43-9-5-37(6-10-43)39-27-41-33-56-47-31-51(49(65-2)29-45(47)53(62)60(41)35-39)73-14-4-15-74-52-32-48-46(30-50(52)66-3)54(63)61-36-40(28-42(61)34-57-48)38-7-11-44(12-8-38)72-26-25-71-24-23-70-22-21-69-20-19-68-18-17-67-16-13-58-59-55/h5-12,29-36,41-42H,4,13-28H2,1-3H3. The molecule has 0 saturated heterocycles. The zero-order chi connectivity index (χ0) is 51.5. The summed E-state index contributed by atoms with van der Waals surface area (Å²) < 4.78 is 62.2. The Labute approximate surface area is 429 Å². The molecule has 0 N–H and O–H groups in total. The van der Waals surface area contributed by atoms with Crippen LogP contribution in [0.2, 0.25) is 0 Å². The summed E-state index contributed by atoms with van der Waals surface area (Å²) >= 11 is 0. The lowest BCUT2D eigenvalue weighted by Gasteiger charge is -2.19. The van der Waals surface area contributed by atoms with Gasteiger partial charge in [-0.1, -0.05) is 29.4 Å². The average molecular weight is 1020 g/mol. The Hall–Kier alpha value is -7.45. The maximum Gasteiger partial charge on any atom is 0.260 e. The Morgan fingerprint density at radius 1 is 0.527 bits per heavy atom. The molecule has 4 aliphatic heterocycles. The molecule has 4 aromatic carbocycles. The van der Waals surface area contributed by atoms with E-state index in [-0.39, 0.29) is 37.1 Å². The van der Waals surface area contributed by atoms with Crippen molar-refractivity contribution in [2.24, 2.45) is 15.1 Å². The molecule has 4 heterocycles. The minimum absolute atomic E-state index is 0.168. The van der Waals surface area contributed by atoms with E-state index in [1.165, 1.54) is 14.2 Å². The lowest BCUT2D eigenvalue weighted by Crippen LogP contribution is -2.32. The second kappa shape index (κ2) is 27.0. The van der Waals surface area contributed by atoms with Gasteiger partial charge in [0.05, 0.1) is 135 Å². The van der Waals surface area contributed by atoms with Crippen molar-refractivity contribution < 1.29 is 61.7 Å². The van der Waals surface area contributed by atoms with Crippen LogP contribution in [0.5, 0.6) is 34.5 Å². The van der Waals surface area contributed by atoms with Crippen LogP contribution in [0.4, 0.5) is 11.4 Å². The Morgan fingerprint density at radius 3 is 1.39 bits per heavy atom. The zero-order valence-corrected chi connectivity index (χ0v) is 41.9. The molecule has 4 aliphatic rings. The molecule has 0 spiro atoms. The number of azide groups is 1. The second-order valence-corrected chi connectivity index (χ2v) is 17.0. The molecule has 2 unspecified atom stereocenters. The van der Waals surface area contributed by atoms with Gasteiger partial charge in [0, 0.05) is 67.7 Å². The predicted octanol–water partition coefficient (Wildman–Crippen LogP) is 8.28. The number of nitrogens with zero attached hydrogens (tertiary/aromatic N) is 7. The maximum atomic E-state index is 14.0. The van der Waals surface area contributed by atoms with Crippen molar-refractivity contribution in [2.75, 3.05) is 114 Å². The first-order valence-corrected chi connectivity index (χ1v) is 24.5. The highest BCUT2D eigenvalue weighted by molar-refractivity contribution is 6.06. The van der Waals surface area contributed by atoms with Crippen LogP contribution < -0.4 is 28.4 Å². The highest BCUT2D eigenvalue weighted by atomic mass is 16.6. The van der Waals surface area contributed by atoms with Crippen molar-refractivity contribution in [2.45, 2.75) is 31.3 Å². The smallest absolute Gasteiger partial charge is 0.260 e. The van der Waals surface area contributed by atoms with E-state index in [1.807, 2.05) is 67.1 Å². The molecule has 4 aromatic rings. The van der Waals surface area contributed by atoms with E-state index in [0.717, 1.165) is 28.0 Å². The first-order valence-electron chi connectivity index (χ1n) is 24.5. The van der Waals surface area contributed by atoms with Gasteiger partial charge in [-0.15, -0.1) is 0 Å². The molecule has 0 aliphatic carbocycles. The predicted molar refractivity (Wildman–Crippen MR) is 276 cm³/mol. The summed E-state index contributed by atoms with van der Waals surface area (Å²) in [4.78, 5) is 43.4. The molecule has 390 valence electrons. The maximum absolute atomic E-state index is 14.0. The molecule has 0 fully saturated rings. The number of ether oxygens (including phenoxy) is 11. The minimum Gasteiger partial charge on any atom is -0.497 e. The number of carbonyl (C=O) groups excluding carboxylic acids is 2. The van der Waals surface area contributed by atoms with Crippen LogP contribution in [-0.2, 0) is 23.7 Å². The largest absolute Gasteiger partial charge is 0.497 e. The van der Waals surface area contributed by atoms with Gasteiger partial charge in [0.1, 0.15) is 18.1 Å².